The van der Waals surface area contributed by atoms with Crippen LogP contribution in [0, 0.1) is 64.1 Å². The minimum atomic E-state index is -0.187. The summed E-state index contributed by atoms with van der Waals surface area (Å²) in [6.45, 7) is 19.1. The Balaban J connectivity index is 1.48. The monoisotopic (exact) mass is 490 g/mol. The van der Waals surface area contributed by atoms with Crippen LogP contribution in [0.2, 0.25) is 0 Å². The molecule has 0 spiro atoms. The average Bonchev–Trinajstić information content (AvgIpc) is 3.13. The summed E-state index contributed by atoms with van der Waals surface area (Å²) < 4.78 is 0. The molecule has 4 aliphatic rings. The molecular formula is C32H55ClO. The number of aliphatic hydroxyl groups excluding tert-OH is 1. The first-order valence-electron chi connectivity index (χ1n) is 15.0. The third-order valence-corrected chi connectivity index (χ3v) is 12.8. The lowest BCUT2D eigenvalue weighted by Gasteiger charge is -2.63. The molecule has 0 radical (unpaired) electrons. The van der Waals surface area contributed by atoms with Crippen LogP contribution in [0.15, 0.2) is 11.6 Å². The van der Waals surface area contributed by atoms with Crippen molar-refractivity contribution in [3.8, 4) is 0 Å². The largest absolute Gasteiger partial charge is 0.393 e. The van der Waals surface area contributed by atoms with Crippen LogP contribution in [-0.4, -0.2) is 11.2 Å². The van der Waals surface area contributed by atoms with E-state index < -0.39 is 0 Å². The second kappa shape index (κ2) is 10.4. The van der Waals surface area contributed by atoms with E-state index in [4.69, 9.17) is 11.6 Å². The average molecular weight is 491 g/mol. The molecule has 1 nitrogen and oxygen atoms in total. The Morgan fingerprint density at radius 1 is 0.912 bits per heavy atom. The number of aliphatic hydroxyl groups is 1. The molecule has 0 heterocycles. The molecule has 4 rings (SSSR count). The zero-order valence-electron chi connectivity index (χ0n) is 23.3. The Morgan fingerprint density at radius 2 is 1.56 bits per heavy atom. The lowest BCUT2D eigenvalue weighted by atomic mass is 9.43. The summed E-state index contributed by atoms with van der Waals surface area (Å²) >= 11 is 6.29. The maximum Gasteiger partial charge on any atom is 0.0575 e. The van der Waals surface area contributed by atoms with Gasteiger partial charge in [0.05, 0.1) is 6.10 Å². The molecule has 0 amide bonds. The van der Waals surface area contributed by atoms with E-state index in [1.165, 1.54) is 64.2 Å². The SMILES string of the molecule is C=C(Cl)C[C@@H]1[C@H](O)CC[C@@]2(C)[C@H]1CC[C@@H]1[C@@H]2CC[C@]2(C)[C@@H]([C@H](C)CC[C@@H](CC)C(C)C)CC[C@@H]12. The van der Waals surface area contributed by atoms with Gasteiger partial charge in [-0.15, -0.1) is 0 Å². The molecular weight excluding hydrogens is 436 g/mol. The summed E-state index contributed by atoms with van der Waals surface area (Å²) in [6.07, 6.45) is 15.5. The highest BCUT2D eigenvalue weighted by molar-refractivity contribution is 6.29. The number of halogens is 1. The molecule has 0 unspecified atom stereocenters. The fourth-order valence-corrected chi connectivity index (χ4v) is 10.9. The summed E-state index contributed by atoms with van der Waals surface area (Å²) in [6, 6.07) is 0. The van der Waals surface area contributed by atoms with Crippen LogP contribution in [0.5, 0.6) is 0 Å². The van der Waals surface area contributed by atoms with Gasteiger partial charge < -0.3 is 5.11 Å². The molecule has 196 valence electrons. The van der Waals surface area contributed by atoms with Crippen LogP contribution in [-0.2, 0) is 0 Å². The standard InChI is InChI=1S/C32H55ClO/c1-8-23(20(2)3)10-9-21(4)26-13-14-27-24-11-12-28-25(19-22(5)33)30(34)16-18-32(28,7)29(24)15-17-31(26,27)6/h20-21,23-30,34H,5,8-19H2,1-4,6-7H3/t21-,23-,24+,25+,26-,27+,28+,29+,30-,31-,32+/m1/s1. The van der Waals surface area contributed by atoms with E-state index >= 15 is 0 Å². The van der Waals surface area contributed by atoms with Crippen molar-refractivity contribution in [2.24, 2.45) is 64.1 Å². The van der Waals surface area contributed by atoms with E-state index in [1.807, 2.05) is 0 Å². The first kappa shape index (κ1) is 27.0. The lowest BCUT2D eigenvalue weighted by molar-refractivity contribution is -0.152. The second-order valence-corrected chi connectivity index (χ2v) is 14.8. The number of hydrogen-bond donors (Lipinski definition) is 1. The van der Waals surface area contributed by atoms with Crippen molar-refractivity contribution in [1.29, 1.82) is 0 Å². The van der Waals surface area contributed by atoms with E-state index in [0.29, 0.717) is 22.7 Å². The van der Waals surface area contributed by atoms with Gasteiger partial charge in [0.2, 0.25) is 0 Å². The number of allylic oxidation sites excluding steroid dienone is 1. The zero-order valence-corrected chi connectivity index (χ0v) is 24.0. The maximum atomic E-state index is 10.9. The Morgan fingerprint density at radius 3 is 2.21 bits per heavy atom. The third kappa shape index (κ3) is 4.68. The number of rotatable bonds is 8. The highest BCUT2D eigenvalue weighted by atomic mass is 35.5. The minimum Gasteiger partial charge on any atom is -0.393 e. The molecule has 34 heavy (non-hydrogen) atoms. The molecule has 0 aliphatic heterocycles. The van der Waals surface area contributed by atoms with Gasteiger partial charge in [-0.25, -0.2) is 0 Å². The minimum absolute atomic E-state index is 0.187. The van der Waals surface area contributed by atoms with E-state index in [1.54, 1.807) is 0 Å². The summed E-state index contributed by atoms with van der Waals surface area (Å²) in [4.78, 5) is 0. The van der Waals surface area contributed by atoms with Gasteiger partial charge in [0.1, 0.15) is 0 Å². The van der Waals surface area contributed by atoms with Gasteiger partial charge in [0.15, 0.2) is 0 Å². The van der Waals surface area contributed by atoms with Crippen molar-refractivity contribution < 1.29 is 5.11 Å². The van der Waals surface area contributed by atoms with Gasteiger partial charge >= 0.3 is 0 Å². The Labute approximate surface area is 216 Å². The number of fused-ring (bicyclic) bond motifs is 5. The normalized spacial score (nSPS) is 45.9. The first-order valence-corrected chi connectivity index (χ1v) is 15.4. The topological polar surface area (TPSA) is 20.2 Å². The van der Waals surface area contributed by atoms with Crippen molar-refractivity contribution in [3.63, 3.8) is 0 Å². The molecule has 11 atom stereocenters. The molecule has 1 N–H and O–H groups in total. The zero-order chi connectivity index (χ0) is 24.8. The summed E-state index contributed by atoms with van der Waals surface area (Å²) in [5, 5.41) is 11.6. The molecule has 4 saturated carbocycles. The predicted molar refractivity (Wildman–Crippen MR) is 147 cm³/mol. The van der Waals surface area contributed by atoms with Gasteiger partial charge in [-0.3, -0.25) is 0 Å². The van der Waals surface area contributed by atoms with Crippen LogP contribution in [0.25, 0.3) is 0 Å². The number of hydrogen-bond acceptors (Lipinski definition) is 1. The van der Waals surface area contributed by atoms with Gasteiger partial charge in [0.25, 0.3) is 0 Å². The summed E-state index contributed by atoms with van der Waals surface area (Å²) in [7, 11) is 0. The molecule has 4 fully saturated rings. The molecule has 0 bridgehead atoms. The fraction of sp³-hybridized carbons (Fsp3) is 0.938. The van der Waals surface area contributed by atoms with Gasteiger partial charge in [-0.1, -0.05) is 72.6 Å². The van der Waals surface area contributed by atoms with E-state index in [2.05, 4.69) is 48.1 Å². The van der Waals surface area contributed by atoms with Crippen molar-refractivity contribution >= 4 is 11.6 Å². The van der Waals surface area contributed by atoms with Crippen LogP contribution >= 0.6 is 11.6 Å². The van der Waals surface area contributed by atoms with Crippen LogP contribution < -0.4 is 0 Å². The van der Waals surface area contributed by atoms with Crippen molar-refractivity contribution in [2.75, 3.05) is 0 Å². The van der Waals surface area contributed by atoms with E-state index in [9.17, 15) is 5.11 Å². The summed E-state index contributed by atoms with van der Waals surface area (Å²) in [5.41, 5.74) is 0.942. The van der Waals surface area contributed by atoms with Crippen LogP contribution in [0.1, 0.15) is 119 Å². The molecule has 0 aromatic heterocycles. The quantitative estimate of drug-likeness (QED) is 0.359. The highest BCUT2D eigenvalue weighted by Crippen LogP contribution is 2.69. The predicted octanol–water partition coefficient (Wildman–Crippen LogP) is 9.47. The molecule has 0 saturated heterocycles. The molecule has 0 aromatic rings. The fourth-order valence-electron chi connectivity index (χ4n) is 10.7. The first-order chi connectivity index (χ1) is 16.0. The van der Waals surface area contributed by atoms with Crippen molar-refractivity contribution in [1.82, 2.24) is 0 Å². The Kier molecular flexibility index (Phi) is 8.27. The van der Waals surface area contributed by atoms with Gasteiger partial charge in [-0.05, 0) is 128 Å². The molecule has 4 aliphatic carbocycles. The third-order valence-electron chi connectivity index (χ3n) is 12.6. The van der Waals surface area contributed by atoms with Crippen LogP contribution in [0.4, 0.5) is 0 Å². The van der Waals surface area contributed by atoms with Gasteiger partial charge in [0, 0.05) is 5.03 Å². The van der Waals surface area contributed by atoms with Crippen LogP contribution in [0.3, 0.4) is 0 Å². The second-order valence-electron chi connectivity index (χ2n) is 14.3. The molecule has 0 aromatic carbocycles. The molecule has 2 heteroatoms. The van der Waals surface area contributed by atoms with E-state index in [0.717, 1.165) is 59.3 Å². The summed E-state index contributed by atoms with van der Waals surface area (Å²) in [5.74, 6) is 7.15. The van der Waals surface area contributed by atoms with Crippen molar-refractivity contribution in [3.05, 3.63) is 11.6 Å². The van der Waals surface area contributed by atoms with Crippen molar-refractivity contribution in [2.45, 2.75) is 125 Å². The maximum absolute atomic E-state index is 10.9. The lowest BCUT2D eigenvalue weighted by Crippen LogP contribution is -2.56. The Hall–Kier alpha value is -0.0100. The smallest absolute Gasteiger partial charge is 0.0575 e. The Bertz CT molecular complexity index is 716. The van der Waals surface area contributed by atoms with Gasteiger partial charge in [-0.2, -0.15) is 0 Å². The highest BCUT2D eigenvalue weighted by Gasteiger charge is 2.61. The van der Waals surface area contributed by atoms with E-state index in [-0.39, 0.29) is 6.10 Å².